The minimum atomic E-state index is -0.463. The topological polar surface area (TPSA) is 89.4 Å². The number of morpholine rings is 1. The zero-order chi connectivity index (χ0) is 21.0. The molecule has 8 nitrogen and oxygen atoms in total. The van der Waals surface area contributed by atoms with E-state index in [1.807, 2.05) is 53.8 Å². The lowest BCUT2D eigenvalue weighted by Gasteiger charge is -2.43. The van der Waals surface area contributed by atoms with E-state index in [1.165, 1.54) is 0 Å². The SMILES string of the molecule is CCCn1nc(CC(=O)NC)nc1[C@H]1OCC(=O)N(C(C)C)[C@@H]1c1ccccc1. The minimum Gasteiger partial charge on any atom is -0.359 e. The second-order valence-corrected chi connectivity index (χ2v) is 7.44. The largest absolute Gasteiger partial charge is 0.359 e. The number of hydrogen-bond acceptors (Lipinski definition) is 5. The van der Waals surface area contributed by atoms with Crippen LogP contribution in [0.4, 0.5) is 0 Å². The molecule has 1 N–H and O–H groups in total. The summed E-state index contributed by atoms with van der Waals surface area (Å²) >= 11 is 0. The first-order valence-electron chi connectivity index (χ1n) is 10.1. The Balaban J connectivity index is 2.06. The Morgan fingerprint density at radius 2 is 2.03 bits per heavy atom. The summed E-state index contributed by atoms with van der Waals surface area (Å²) in [6.45, 7) is 6.72. The third-order valence-electron chi connectivity index (χ3n) is 4.99. The molecule has 3 rings (SSSR count). The molecular formula is C21H29N5O3. The highest BCUT2D eigenvalue weighted by atomic mass is 16.5. The molecule has 2 aromatic rings. The van der Waals surface area contributed by atoms with Crippen LogP contribution in [-0.4, -0.2) is 51.2 Å². The van der Waals surface area contributed by atoms with Crippen LogP contribution >= 0.6 is 0 Å². The van der Waals surface area contributed by atoms with Crippen molar-refractivity contribution in [2.24, 2.45) is 0 Å². The first kappa shape index (κ1) is 21.0. The predicted molar refractivity (Wildman–Crippen MR) is 108 cm³/mol. The number of carbonyl (C=O) groups is 2. The summed E-state index contributed by atoms with van der Waals surface area (Å²) in [6.07, 6.45) is 0.510. The molecule has 1 aliphatic rings. The highest BCUT2D eigenvalue weighted by molar-refractivity contribution is 5.79. The van der Waals surface area contributed by atoms with Crippen molar-refractivity contribution >= 4 is 11.8 Å². The van der Waals surface area contributed by atoms with E-state index in [0.29, 0.717) is 18.2 Å². The number of aromatic nitrogens is 3. The van der Waals surface area contributed by atoms with Gasteiger partial charge >= 0.3 is 0 Å². The Morgan fingerprint density at radius 1 is 1.31 bits per heavy atom. The number of likely N-dealkylation sites (N-methyl/N-ethyl adjacent to an activating group) is 1. The average Bonchev–Trinajstić information content (AvgIpc) is 3.10. The van der Waals surface area contributed by atoms with Crippen LogP contribution in [0.15, 0.2) is 30.3 Å². The van der Waals surface area contributed by atoms with Gasteiger partial charge < -0.3 is 15.0 Å². The molecule has 0 radical (unpaired) electrons. The molecule has 156 valence electrons. The zero-order valence-corrected chi connectivity index (χ0v) is 17.5. The number of amides is 2. The van der Waals surface area contributed by atoms with Crippen LogP contribution in [0.2, 0.25) is 0 Å². The maximum absolute atomic E-state index is 12.7. The van der Waals surface area contributed by atoms with Gasteiger partial charge in [0.15, 0.2) is 11.6 Å². The van der Waals surface area contributed by atoms with Crippen LogP contribution in [0.25, 0.3) is 0 Å². The second kappa shape index (κ2) is 9.17. The molecule has 2 amide bonds. The van der Waals surface area contributed by atoms with E-state index in [-0.39, 0.29) is 36.9 Å². The molecule has 0 bridgehead atoms. The van der Waals surface area contributed by atoms with Crippen molar-refractivity contribution < 1.29 is 14.3 Å². The van der Waals surface area contributed by atoms with Gasteiger partial charge in [-0.1, -0.05) is 37.3 Å². The summed E-state index contributed by atoms with van der Waals surface area (Å²) in [6, 6.07) is 9.56. The lowest BCUT2D eigenvalue weighted by molar-refractivity contribution is -0.163. The molecule has 1 aromatic heterocycles. The molecule has 0 unspecified atom stereocenters. The summed E-state index contributed by atoms with van der Waals surface area (Å²) < 4.78 is 7.85. The molecule has 1 saturated heterocycles. The molecule has 1 aliphatic heterocycles. The van der Waals surface area contributed by atoms with Crippen molar-refractivity contribution in [2.45, 2.75) is 58.3 Å². The first-order chi connectivity index (χ1) is 14.0. The smallest absolute Gasteiger partial charge is 0.249 e. The van der Waals surface area contributed by atoms with Crippen LogP contribution in [0, 0.1) is 0 Å². The summed E-state index contributed by atoms with van der Waals surface area (Å²) in [7, 11) is 1.59. The summed E-state index contributed by atoms with van der Waals surface area (Å²) in [4.78, 5) is 31.1. The lowest BCUT2D eigenvalue weighted by Crippen LogP contribution is -2.49. The van der Waals surface area contributed by atoms with Crippen LogP contribution < -0.4 is 5.32 Å². The number of benzene rings is 1. The van der Waals surface area contributed by atoms with E-state index in [9.17, 15) is 9.59 Å². The van der Waals surface area contributed by atoms with E-state index in [1.54, 1.807) is 7.05 Å². The fourth-order valence-electron chi connectivity index (χ4n) is 3.73. The van der Waals surface area contributed by atoms with Crippen LogP contribution in [0.3, 0.4) is 0 Å². The maximum atomic E-state index is 12.7. The van der Waals surface area contributed by atoms with Gasteiger partial charge in [0.25, 0.3) is 0 Å². The van der Waals surface area contributed by atoms with Gasteiger partial charge in [-0.25, -0.2) is 9.67 Å². The van der Waals surface area contributed by atoms with E-state index in [4.69, 9.17) is 4.74 Å². The quantitative estimate of drug-likeness (QED) is 0.769. The molecule has 2 atom stereocenters. The van der Waals surface area contributed by atoms with Crippen molar-refractivity contribution in [3.05, 3.63) is 47.5 Å². The Hall–Kier alpha value is -2.74. The number of aryl methyl sites for hydroxylation is 1. The Labute approximate surface area is 171 Å². The Morgan fingerprint density at radius 3 is 2.66 bits per heavy atom. The molecule has 8 heteroatoms. The fourth-order valence-corrected chi connectivity index (χ4v) is 3.73. The maximum Gasteiger partial charge on any atom is 0.249 e. The fraction of sp³-hybridized carbons (Fsp3) is 0.524. The number of nitrogens with one attached hydrogen (secondary N) is 1. The number of rotatable bonds is 7. The number of hydrogen-bond donors (Lipinski definition) is 1. The van der Waals surface area contributed by atoms with Crippen molar-refractivity contribution in [2.75, 3.05) is 13.7 Å². The van der Waals surface area contributed by atoms with Gasteiger partial charge in [-0.3, -0.25) is 9.59 Å². The molecule has 1 fully saturated rings. The van der Waals surface area contributed by atoms with Crippen molar-refractivity contribution in [3.8, 4) is 0 Å². The van der Waals surface area contributed by atoms with E-state index < -0.39 is 6.10 Å². The third-order valence-corrected chi connectivity index (χ3v) is 4.99. The normalized spacial score (nSPS) is 19.6. The van der Waals surface area contributed by atoms with Gasteiger partial charge in [0.2, 0.25) is 11.8 Å². The van der Waals surface area contributed by atoms with E-state index >= 15 is 0 Å². The van der Waals surface area contributed by atoms with Gasteiger partial charge in [0.05, 0.1) is 12.5 Å². The molecule has 2 heterocycles. The molecular weight excluding hydrogens is 370 g/mol. The average molecular weight is 399 g/mol. The monoisotopic (exact) mass is 399 g/mol. The standard InChI is InChI=1S/C21H29N5O3/c1-5-11-25-21(23-16(24-25)12-17(27)22-4)20-19(15-9-7-6-8-10-15)26(14(2)3)18(28)13-29-20/h6-10,14,19-20H,5,11-13H2,1-4H3,(H,22,27)/t19-,20+/m1/s1. The highest BCUT2D eigenvalue weighted by Crippen LogP contribution is 2.40. The van der Waals surface area contributed by atoms with Gasteiger partial charge in [0, 0.05) is 19.6 Å². The molecule has 1 aromatic carbocycles. The first-order valence-corrected chi connectivity index (χ1v) is 10.1. The summed E-state index contributed by atoms with van der Waals surface area (Å²) in [5, 5.41) is 7.15. The molecule has 29 heavy (non-hydrogen) atoms. The number of ether oxygens (including phenoxy) is 1. The number of carbonyl (C=O) groups excluding carboxylic acids is 2. The second-order valence-electron chi connectivity index (χ2n) is 7.44. The van der Waals surface area contributed by atoms with Crippen molar-refractivity contribution in [3.63, 3.8) is 0 Å². The molecule has 0 spiro atoms. The van der Waals surface area contributed by atoms with Gasteiger partial charge in [-0.2, -0.15) is 5.10 Å². The Kier molecular flexibility index (Phi) is 6.64. The van der Waals surface area contributed by atoms with Crippen molar-refractivity contribution in [1.29, 1.82) is 0 Å². The summed E-state index contributed by atoms with van der Waals surface area (Å²) in [5.74, 6) is 0.916. The van der Waals surface area contributed by atoms with Crippen molar-refractivity contribution in [1.82, 2.24) is 25.0 Å². The number of nitrogens with zero attached hydrogens (tertiary/aromatic N) is 4. The lowest BCUT2D eigenvalue weighted by atomic mass is 9.95. The highest BCUT2D eigenvalue weighted by Gasteiger charge is 2.42. The summed E-state index contributed by atoms with van der Waals surface area (Å²) in [5.41, 5.74) is 0.984. The van der Waals surface area contributed by atoms with Crippen LogP contribution in [0.1, 0.15) is 56.6 Å². The van der Waals surface area contributed by atoms with E-state index in [2.05, 4.69) is 22.3 Å². The molecule has 0 aliphatic carbocycles. The predicted octanol–water partition coefficient (Wildman–Crippen LogP) is 2.03. The zero-order valence-electron chi connectivity index (χ0n) is 17.5. The van der Waals surface area contributed by atoms with Gasteiger partial charge in [0.1, 0.15) is 12.7 Å². The Bertz CT molecular complexity index is 849. The van der Waals surface area contributed by atoms with Crippen LogP contribution in [-0.2, 0) is 27.3 Å². The van der Waals surface area contributed by atoms with Gasteiger partial charge in [-0.05, 0) is 25.8 Å². The van der Waals surface area contributed by atoms with Crippen LogP contribution in [0.5, 0.6) is 0 Å². The third kappa shape index (κ3) is 4.48. The van der Waals surface area contributed by atoms with Gasteiger partial charge in [-0.15, -0.1) is 0 Å². The minimum absolute atomic E-state index is 0.00402. The van der Waals surface area contributed by atoms with E-state index in [0.717, 1.165) is 12.0 Å². The molecule has 0 saturated carbocycles.